The van der Waals surface area contributed by atoms with Gasteiger partial charge in [-0.05, 0) is 154 Å². The van der Waals surface area contributed by atoms with Gasteiger partial charge in [0.05, 0.1) is 0 Å². The molecule has 0 aromatic heterocycles. The van der Waals surface area contributed by atoms with E-state index in [1.54, 1.807) is 0 Å². The van der Waals surface area contributed by atoms with Crippen molar-refractivity contribution in [1.82, 2.24) is 15.1 Å². The number of esters is 2. The molecule has 0 unspecified atom stereocenters. The van der Waals surface area contributed by atoms with Crippen LogP contribution in [0, 0.1) is 0 Å². The molecule has 2 amide bonds. The summed E-state index contributed by atoms with van der Waals surface area (Å²) >= 11 is 0. The van der Waals surface area contributed by atoms with Crippen LogP contribution in [-0.2, 0) is 28.7 Å². The number of carbonyl (C=O) groups excluding carboxylic acids is 4. The smallest absolute Gasteiger partial charge is 0.306 e. The number of amides is 2. The van der Waals surface area contributed by atoms with Crippen LogP contribution in [0.15, 0.2) is 72.9 Å². The van der Waals surface area contributed by atoms with E-state index in [2.05, 4.69) is 139 Å². The van der Waals surface area contributed by atoms with Gasteiger partial charge in [-0.25, -0.2) is 0 Å². The molecular weight excluding hydrogens is 1060 g/mol. The zero-order valence-electron chi connectivity index (χ0n) is 57.8. The van der Waals surface area contributed by atoms with Crippen molar-refractivity contribution in [2.75, 3.05) is 32.7 Å². The fourth-order valence-corrected chi connectivity index (χ4v) is 11.5. The first-order chi connectivity index (χ1) is 42.1. The highest BCUT2D eigenvalue weighted by molar-refractivity contribution is 5.91. The number of nitrogens with zero attached hydrogens (tertiary/aromatic N) is 2. The molecule has 0 saturated heterocycles. The summed E-state index contributed by atoms with van der Waals surface area (Å²) in [5.41, 5.74) is -1.26. The number of hydrogen-bond donors (Lipinski definition) is 1. The fourth-order valence-electron chi connectivity index (χ4n) is 11.5. The Balaban J connectivity index is 6.85. The van der Waals surface area contributed by atoms with Crippen LogP contribution in [-0.4, -0.2) is 84.0 Å². The van der Waals surface area contributed by atoms with Gasteiger partial charge in [0.1, 0.15) is 17.7 Å². The molecule has 0 heterocycles. The monoisotopic (exact) mass is 1200 g/mol. The minimum Gasteiger partial charge on any atom is -0.462 e. The maximum atomic E-state index is 15.3. The molecule has 0 fully saturated rings. The lowest BCUT2D eigenvalue weighted by Gasteiger charge is -2.44. The molecule has 9 nitrogen and oxygen atoms in total. The molecule has 0 spiro atoms. The Labute approximate surface area is 532 Å². The number of unbranched alkanes of at least 4 members (excludes halogenated alkanes) is 21. The number of allylic oxidation sites excluding steroid dienone is 12. The Hall–Kier alpha value is -3.72. The Kier molecular flexibility index (Phi) is 60.2. The highest BCUT2D eigenvalue weighted by atomic mass is 16.5. The number of rotatable bonds is 63. The third kappa shape index (κ3) is 48.2. The predicted molar refractivity (Wildman–Crippen MR) is 372 cm³/mol. The number of ether oxygens (including phenoxy) is 2. The summed E-state index contributed by atoms with van der Waals surface area (Å²) in [5.74, 6) is -0.661. The minimum atomic E-state index is -1.26. The highest BCUT2D eigenvalue weighted by Crippen LogP contribution is 2.32. The van der Waals surface area contributed by atoms with Crippen LogP contribution in [0.3, 0.4) is 0 Å². The predicted octanol–water partition coefficient (Wildman–Crippen LogP) is 21.8. The maximum Gasteiger partial charge on any atom is 0.306 e. The van der Waals surface area contributed by atoms with Crippen LogP contribution in [0.25, 0.3) is 0 Å². The average molecular weight is 1200 g/mol. The molecule has 0 atom stereocenters. The first-order valence-electron chi connectivity index (χ1n) is 36.7. The molecular formula is C77H139N3O6. The van der Waals surface area contributed by atoms with Gasteiger partial charge in [0, 0.05) is 32.4 Å². The van der Waals surface area contributed by atoms with Crippen molar-refractivity contribution >= 4 is 23.8 Å². The zero-order valence-corrected chi connectivity index (χ0v) is 57.8. The molecule has 1 N–H and O–H groups in total. The lowest BCUT2D eigenvalue weighted by Crippen LogP contribution is -2.61. The molecule has 0 aromatic rings. The van der Waals surface area contributed by atoms with Gasteiger partial charge in [0.15, 0.2) is 0 Å². The molecule has 0 saturated carbocycles. The van der Waals surface area contributed by atoms with Crippen LogP contribution < -0.4 is 5.32 Å². The van der Waals surface area contributed by atoms with Gasteiger partial charge in [-0.3, -0.25) is 19.2 Å². The molecule has 0 rings (SSSR count). The van der Waals surface area contributed by atoms with Crippen molar-refractivity contribution in [2.24, 2.45) is 0 Å². The minimum absolute atomic E-state index is 0.0595. The van der Waals surface area contributed by atoms with Crippen molar-refractivity contribution in [3.63, 3.8) is 0 Å². The molecule has 86 heavy (non-hydrogen) atoms. The van der Waals surface area contributed by atoms with E-state index in [9.17, 15) is 9.59 Å². The quantitative estimate of drug-likeness (QED) is 0.0367. The van der Waals surface area contributed by atoms with Gasteiger partial charge in [0.25, 0.3) is 0 Å². The molecule has 0 aromatic carbocycles. The van der Waals surface area contributed by atoms with E-state index in [4.69, 9.17) is 9.47 Å². The van der Waals surface area contributed by atoms with Crippen LogP contribution in [0.1, 0.15) is 344 Å². The lowest BCUT2D eigenvalue weighted by atomic mass is 9.83. The van der Waals surface area contributed by atoms with Gasteiger partial charge in [-0.2, -0.15) is 0 Å². The summed E-state index contributed by atoms with van der Waals surface area (Å²) in [6.45, 7) is 21.1. The van der Waals surface area contributed by atoms with E-state index < -0.39 is 5.54 Å². The second kappa shape index (κ2) is 62.9. The summed E-state index contributed by atoms with van der Waals surface area (Å²) in [6.07, 6.45) is 69.0. The third-order valence-electron chi connectivity index (χ3n) is 17.0. The summed E-state index contributed by atoms with van der Waals surface area (Å²) < 4.78 is 12.8. The van der Waals surface area contributed by atoms with E-state index in [1.807, 2.05) is 4.90 Å². The topological polar surface area (TPSA) is 105 Å². The van der Waals surface area contributed by atoms with Crippen molar-refractivity contribution in [2.45, 2.75) is 362 Å². The van der Waals surface area contributed by atoms with E-state index in [0.29, 0.717) is 51.6 Å². The largest absolute Gasteiger partial charge is 0.462 e. The van der Waals surface area contributed by atoms with Crippen molar-refractivity contribution < 1.29 is 28.7 Å². The van der Waals surface area contributed by atoms with Crippen molar-refractivity contribution in [3.8, 4) is 0 Å². The maximum absolute atomic E-state index is 15.3. The van der Waals surface area contributed by atoms with Crippen LogP contribution in [0.2, 0.25) is 0 Å². The normalized spacial score (nSPS) is 12.4. The zero-order chi connectivity index (χ0) is 63.1. The van der Waals surface area contributed by atoms with Crippen molar-refractivity contribution in [3.05, 3.63) is 72.9 Å². The SMILES string of the molecule is CC/C=C\C/C=C\C/C=C\C/C=C\C/C=C\C/C=C\CCC(=O)N(CCCN(CC)CC)C(CCCC(=O)OC(CCCCCCCC)CCCCCCCC)(CCCC(=O)OC(CCCCCCCC)CCCCCCCC)C(=O)NCCCC. The second-order valence-electron chi connectivity index (χ2n) is 24.7. The van der Waals surface area contributed by atoms with E-state index in [1.165, 1.54) is 103 Å². The Morgan fingerprint density at radius 3 is 1.09 bits per heavy atom. The van der Waals surface area contributed by atoms with Gasteiger partial charge >= 0.3 is 11.9 Å². The standard InChI is InChI=1S/C77H139N3O6/c1-9-17-23-28-33-34-35-36-37-38-39-40-41-42-43-44-45-50-55-63-73(81)80(70-58-69-79(15-7)16-8)77(76(84)78-68-22-14-6,66-56-64-74(82)85-71(59-51-46-29-24-18-10-2)60-52-47-30-25-19-11-3)67-57-65-75(83)86-72(61-53-48-31-26-20-12-4)62-54-49-32-27-21-13-5/h17,23,33-34,36-37,39-40,42-43,45,50,71-72H,9-16,18-22,24-32,35,38,41,44,46-49,51-70H2,1-8H3,(H,78,84)/b23-17-,34-33-,37-36-,40-39-,43-42-,50-45-. The van der Waals surface area contributed by atoms with Gasteiger partial charge in [-0.15, -0.1) is 0 Å². The van der Waals surface area contributed by atoms with Crippen LogP contribution in [0.4, 0.5) is 0 Å². The molecule has 9 heteroatoms. The average Bonchev–Trinajstić information content (AvgIpc) is 1.30. The molecule has 0 aliphatic rings. The van der Waals surface area contributed by atoms with Gasteiger partial charge in [-0.1, -0.05) is 263 Å². The van der Waals surface area contributed by atoms with Crippen LogP contribution in [0.5, 0.6) is 0 Å². The summed E-state index contributed by atoms with van der Waals surface area (Å²) in [5, 5.41) is 3.31. The van der Waals surface area contributed by atoms with Gasteiger partial charge < -0.3 is 24.6 Å². The van der Waals surface area contributed by atoms with Gasteiger partial charge in [0.2, 0.25) is 11.8 Å². The Morgan fingerprint density at radius 1 is 0.384 bits per heavy atom. The molecule has 0 aliphatic heterocycles. The lowest BCUT2D eigenvalue weighted by molar-refractivity contribution is -0.152. The van der Waals surface area contributed by atoms with Crippen molar-refractivity contribution in [1.29, 1.82) is 0 Å². The number of hydrogen-bond acceptors (Lipinski definition) is 7. The molecule has 0 bridgehead atoms. The van der Waals surface area contributed by atoms with E-state index in [0.717, 1.165) is 148 Å². The van der Waals surface area contributed by atoms with E-state index >= 15 is 9.59 Å². The first kappa shape index (κ1) is 82.3. The first-order valence-corrected chi connectivity index (χ1v) is 36.7. The summed E-state index contributed by atoms with van der Waals surface area (Å²) in [7, 11) is 0. The van der Waals surface area contributed by atoms with Crippen LogP contribution >= 0.6 is 0 Å². The summed E-state index contributed by atoms with van der Waals surface area (Å²) in [4.78, 5) is 62.9. The second-order valence-corrected chi connectivity index (χ2v) is 24.7. The highest BCUT2D eigenvalue weighted by Gasteiger charge is 2.45. The number of nitrogens with one attached hydrogen (secondary N) is 1. The van der Waals surface area contributed by atoms with E-state index in [-0.39, 0.29) is 55.2 Å². The Morgan fingerprint density at radius 2 is 0.733 bits per heavy atom. The number of carbonyl (C=O) groups is 4. The summed E-state index contributed by atoms with van der Waals surface area (Å²) in [6, 6.07) is 0. The fraction of sp³-hybridized carbons (Fsp3) is 0.792. The molecule has 498 valence electrons. The Bertz CT molecular complexity index is 1660. The molecule has 0 radical (unpaired) electrons. The third-order valence-corrected chi connectivity index (χ3v) is 17.0. The molecule has 0 aliphatic carbocycles.